The molecule has 2 heterocycles. The standard InChI is InChI=1S/C14H21ClN2O/c1-14(2,3)11-4-5-13(16-9-11)17-6-7-18-12(8-15)10-17/h4-5,9,12H,6-8,10H2,1-3H3. The van der Waals surface area contributed by atoms with E-state index in [1.807, 2.05) is 6.20 Å². The van der Waals surface area contributed by atoms with Crippen LogP contribution in [-0.2, 0) is 10.2 Å². The molecule has 0 bridgehead atoms. The first-order chi connectivity index (χ1) is 8.50. The second kappa shape index (κ2) is 5.45. The highest BCUT2D eigenvalue weighted by molar-refractivity contribution is 6.18. The number of rotatable bonds is 2. The number of pyridine rings is 1. The molecule has 18 heavy (non-hydrogen) atoms. The molecule has 2 rings (SSSR count). The van der Waals surface area contributed by atoms with Crippen LogP contribution in [0.15, 0.2) is 18.3 Å². The van der Waals surface area contributed by atoms with E-state index in [4.69, 9.17) is 16.3 Å². The number of hydrogen-bond donors (Lipinski definition) is 0. The van der Waals surface area contributed by atoms with Gasteiger partial charge in [0.1, 0.15) is 5.82 Å². The fraction of sp³-hybridized carbons (Fsp3) is 0.643. The monoisotopic (exact) mass is 268 g/mol. The van der Waals surface area contributed by atoms with Crippen LogP contribution in [-0.4, -0.2) is 36.7 Å². The van der Waals surface area contributed by atoms with E-state index >= 15 is 0 Å². The van der Waals surface area contributed by atoms with Crippen LogP contribution in [0.2, 0.25) is 0 Å². The van der Waals surface area contributed by atoms with Crippen molar-refractivity contribution in [3.63, 3.8) is 0 Å². The summed E-state index contributed by atoms with van der Waals surface area (Å²) in [6.45, 7) is 9.02. The maximum atomic E-state index is 5.85. The lowest BCUT2D eigenvalue weighted by molar-refractivity contribution is 0.0551. The molecule has 0 saturated carbocycles. The maximum Gasteiger partial charge on any atom is 0.128 e. The van der Waals surface area contributed by atoms with Crippen molar-refractivity contribution in [3.05, 3.63) is 23.9 Å². The van der Waals surface area contributed by atoms with Crippen molar-refractivity contribution in [2.45, 2.75) is 32.3 Å². The largest absolute Gasteiger partial charge is 0.373 e. The highest BCUT2D eigenvalue weighted by Crippen LogP contribution is 2.23. The number of ether oxygens (including phenoxy) is 1. The zero-order chi connectivity index (χ0) is 13.2. The third kappa shape index (κ3) is 3.15. The van der Waals surface area contributed by atoms with Crippen molar-refractivity contribution in [1.29, 1.82) is 0 Å². The number of anilines is 1. The Morgan fingerprint density at radius 2 is 2.22 bits per heavy atom. The zero-order valence-electron chi connectivity index (χ0n) is 11.3. The molecule has 1 aliphatic heterocycles. The normalized spacial score (nSPS) is 21.1. The lowest BCUT2D eigenvalue weighted by Crippen LogP contribution is -2.43. The fourth-order valence-corrected chi connectivity index (χ4v) is 2.22. The van der Waals surface area contributed by atoms with Crippen LogP contribution in [0, 0.1) is 0 Å². The molecule has 1 aromatic rings. The van der Waals surface area contributed by atoms with Crippen molar-refractivity contribution in [1.82, 2.24) is 4.98 Å². The highest BCUT2D eigenvalue weighted by atomic mass is 35.5. The van der Waals surface area contributed by atoms with Gasteiger partial charge in [0.15, 0.2) is 0 Å². The van der Waals surface area contributed by atoms with E-state index in [0.717, 1.165) is 25.5 Å². The third-order valence-corrected chi connectivity index (χ3v) is 3.59. The predicted octanol–water partition coefficient (Wildman–Crippen LogP) is 2.82. The minimum absolute atomic E-state index is 0.115. The Bertz CT molecular complexity index is 386. The summed E-state index contributed by atoms with van der Waals surface area (Å²) in [5, 5.41) is 0. The fourth-order valence-electron chi connectivity index (χ4n) is 2.04. The first-order valence-corrected chi connectivity index (χ1v) is 6.93. The van der Waals surface area contributed by atoms with E-state index in [-0.39, 0.29) is 11.5 Å². The first-order valence-electron chi connectivity index (χ1n) is 6.40. The molecule has 1 unspecified atom stereocenters. The van der Waals surface area contributed by atoms with Crippen LogP contribution in [0.4, 0.5) is 5.82 Å². The Kier molecular flexibility index (Phi) is 4.13. The van der Waals surface area contributed by atoms with Gasteiger partial charge in [0.05, 0.1) is 18.6 Å². The minimum Gasteiger partial charge on any atom is -0.373 e. The van der Waals surface area contributed by atoms with Crippen molar-refractivity contribution in [2.24, 2.45) is 0 Å². The number of alkyl halides is 1. The average Bonchev–Trinajstić information content (AvgIpc) is 2.38. The molecule has 0 amide bonds. The minimum atomic E-state index is 0.115. The van der Waals surface area contributed by atoms with Gasteiger partial charge in [0.25, 0.3) is 0 Å². The number of aromatic nitrogens is 1. The molecule has 1 fully saturated rings. The Morgan fingerprint density at radius 1 is 1.44 bits per heavy atom. The molecule has 0 radical (unpaired) electrons. The van der Waals surface area contributed by atoms with Gasteiger partial charge in [-0.2, -0.15) is 0 Å². The summed E-state index contributed by atoms with van der Waals surface area (Å²) in [7, 11) is 0. The molecular weight excluding hydrogens is 248 g/mol. The van der Waals surface area contributed by atoms with Crippen LogP contribution < -0.4 is 4.90 Å². The molecule has 1 aliphatic rings. The molecule has 4 heteroatoms. The van der Waals surface area contributed by atoms with Gasteiger partial charge in [-0.3, -0.25) is 0 Å². The molecule has 1 saturated heterocycles. The second-order valence-electron chi connectivity index (χ2n) is 5.75. The van der Waals surface area contributed by atoms with E-state index in [1.54, 1.807) is 0 Å². The molecular formula is C14H21ClN2O. The summed E-state index contributed by atoms with van der Waals surface area (Å²) in [6.07, 6.45) is 2.09. The Hall–Kier alpha value is -0.800. The molecule has 100 valence electrons. The Labute approximate surface area is 114 Å². The predicted molar refractivity (Wildman–Crippen MR) is 75.6 cm³/mol. The van der Waals surface area contributed by atoms with E-state index in [1.165, 1.54) is 5.56 Å². The van der Waals surface area contributed by atoms with Crippen molar-refractivity contribution in [3.8, 4) is 0 Å². The average molecular weight is 269 g/mol. The summed E-state index contributed by atoms with van der Waals surface area (Å²) in [5.41, 5.74) is 1.41. The summed E-state index contributed by atoms with van der Waals surface area (Å²) in [4.78, 5) is 6.80. The van der Waals surface area contributed by atoms with Crippen LogP contribution in [0.3, 0.4) is 0 Å². The zero-order valence-corrected chi connectivity index (χ0v) is 12.1. The summed E-state index contributed by atoms with van der Waals surface area (Å²) in [5.74, 6) is 1.55. The SMILES string of the molecule is CC(C)(C)c1ccc(N2CCOC(CCl)C2)nc1. The molecule has 0 aromatic carbocycles. The van der Waals surface area contributed by atoms with Crippen LogP contribution >= 0.6 is 11.6 Å². The van der Waals surface area contributed by atoms with Gasteiger partial charge in [-0.1, -0.05) is 26.8 Å². The van der Waals surface area contributed by atoms with Gasteiger partial charge in [0, 0.05) is 19.3 Å². The topological polar surface area (TPSA) is 25.4 Å². The molecule has 0 N–H and O–H groups in total. The Morgan fingerprint density at radius 3 is 2.78 bits per heavy atom. The number of halogens is 1. The summed E-state index contributed by atoms with van der Waals surface area (Å²) >= 11 is 5.85. The number of hydrogen-bond acceptors (Lipinski definition) is 3. The first kappa shape index (κ1) is 13.6. The maximum absolute atomic E-state index is 5.85. The number of morpholine rings is 1. The quantitative estimate of drug-likeness (QED) is 0.772. The molecule has 1 aromatic heterocycles. The molecule has 0 aliphatic carbocycles. The lowest BCUT2D eigenvalue weighted by atomic mass is 9.88. The molecule has 0 spiro atoms. The van der Waals surface area contributed by atoms with Crippen LogP contribution in [0.1, 0.15) is 26.3 Å². The van der Waals surface area contributed by atoms with Crippen molar-refractivity contribution < 1.29 is 4.74 Å². The van der Waals surface area contributed by atoms with Gasteiger partial charge >= 0.3 is 0 Å². The van der Waals surface area contributed by atoms with E-state index < -0.39 is 0 Å². The van der Waals surface area contributed by atoms with E-state index in [2.05, 4.69) is 42.8 Å². The Balaban J connectivity index is 2.09. The van der Waals surface area contributed by atoms with Gasteiger partial charge in [-0.05, 0) is 17.0 Å². The lowest BCUT2D eigenvalue weighted by Gasteiger charge is -2.33. The number of nitrogens with zero attached hydrogens (tertiary/aromatic N) is 2. The highest BCUT2D eigenvalue weighted by Gasteiger charge is 2.21. The molecule has 1 atom stereocenters. The third-order valence-electron chi connectivity index (χ3n) is 3.25. The smallest absolute Gasteiger partial charge is 0.128 e. The van der Waals surface area contributed by atoms with Gasteiger partial charge in [-0.15, -0.1) is 11.6 Å². The summed E-state index contributed by atoms with van der Waals surface area (Å²) in [6, 6.07) is 4.25. The van der Waals surface area contributed by atoms with Gasteiger partial charge < -0.3 is 9.64 Å². The van der Waals surface area contributed by atoms with E-state index in [9.17, 15) is 0 Å². The van der Waals surface area contributed by atoms with Crippen LogP contribution in [0.5, 0.6) is 0 Å². The molecule has 3 nitrogen and oxygen atoms in total. The van der Waals surface area contributed by atoms with Crippen molar-refractivity contribution >= 4 is 17.4 Å². The summed E-state index contributed by atoms with van der Waals surface area (Å²) < 4.78 is 5.56. The van der Waals surface area contributed by atoms with E-state index in [0.29, 0.717) is 5.88 Å². The van der Waals surface area contributed by atoms with Gasteiger partial charge in [-0.25, -0.2) is 4.98 Å². The van der Waals surface area contributed by atoms with Crippen LogP contribution in [0.25, 0.3) is 0 Å². The second-order valence-corrected chi connectivity index (χ2v) is 6.06. The van der Waals surface area contributed by atoms with Gasteiger partial charge in [0.2, 0.25) is 0 Å². The van der Waals surface area contributed by atoms with Crippen molar-refractivity contribution in [2.75, 3.05) is 30.5 Å².